The molecule has 1 saturated heterocycles. The monoisotopic (exact) mass is 348 g/mol. The SMILES string of the molecule is COc1ccc(-c2nc(C(=O)N3CCOC[C@@H]3C)cs2)cc1OC. The Kier molecular flexibility index (Phi) is 5.01. The van der Waals surface area contributed by atoms with Crippen LogP contribution >= 0.6 is 11.3 Å². The van der Waals surface area contributed by atoms with Crippen molar-refractivity contribution in [3.05, 3.63) is 29.3 Å². The van der Waals surface area contributed by atoms with Crippen LogP contribution < -0.4 is 9.47 Å². The molecule has 0 spiro atoms. The van der Waals surface area contributed by atoms with Crippen molar-refractivity contribution >= 4 is 17.2 Å². The minimum Gasteiger partial charge on any atom is -0.493 e. The van der Waals surface area contributed by atoms with Crippen molar-refractivity contribution in [3.8, 4) is 22.1 Å². The van der Waals surface area contributed by atoms with Crippen LogP contribution in [-0.2, 0) is 4.74 Å². The van der Waals surface area contributed by atoms with E-state index in [1.165, 1.54) is 11.3 Å². The van der Waals surface area contributed by atoms with Gasteiger partial charge < -0.3 is 19.1 Å². The van der Waals surface area contributed by atoms with Gasteiger partial charge in [0.2, 0.25) is 0 Å². The third-order valence-corrected chi connectivity index (χ3v) is 4.87. The van der Waals surface area contributed by atoms with Crippen LogP contribution in [0.25, 0.3) is 10.6 Å². The predicted octanol–water partition coefficient (Wildman–Crippen LogP) is 2.69. The van der Waals surface area contributed by atoms with Crippen molar-refractivity contribution in [2.24, 2.45) is 0 Å². The second kappa shape index (κ2) is 7.19. The molecular weight excluding hydrogens is 328 g/mol. The highest BCUT2D eigenvalue weighted by atomic mass is 32.1. The number of morpholine rings is 1. The van der Waals surface area contributed by atoms with Gasteiger partial charge in [-0.3, -0.25) is 4.79 Å². The van der Waals surface area contributed by atoms with Crippen LogP contribution in [0, 0.1) is 0 Å². The first kappa shape index (κ1) is 16.7. The van der Waals surface area contributed by atoms with Crippen molar-refractivity contribution in [1.29, 1.82) is 0 Å². The number of hydrogen-bond acceptors (Lipinski definition) is 6. The zero-order valence-corrected chi connectivity index (χ0v) is 14.8. The zero-order valence-electron chi connectivity index (χ0n) is 13.9. The van der Waals surface area contributed by atoms with Crippen LogP contribution in [0.15, 0.2) is 23.6 Å². The number of methoxy groups -OCH3 is 2. The maximum atomic E-state index is 12.6. The Balaban J connectivity index is 1.84. The minimum absolute atomic E-state index is 0.0474. The molecule has 1 amide bonds. The van der Waals surface area contributed by atoms with Crippen molar-refractivity contribution in [2.75, 3.05) is 34.0 Å². The van der Waals surface area contributed by atoms with Crippen LogP contribution in [0.1, 0.15) is 17.4 Å². The lowest BCUT2D eigenvalue weighted by Gasteiger charge is -2.32. The van der Waals surface area contributed by atoms with Gasteiger partial charge in [-0.2, -0.15) is 0 Å². The van der Waals surface area contributed by atoms with Crippen LogP contribution in [0.2, 0.25) is 0 Å². The number of nitrogens with zero attached hydrogens (tertiary/aromatic N) is 2. The number of rotatable bonds is 4. The van der Waals surface area contributed by atoms with E-state index < -0.39 is 0 Å². The number of benzene rings is 1. The fourth-order valence-corrected chi connectivity index (χ4v) is 3.44. The van der Waals surface area contributed by atoms with E-state index in [1.54, 1.807) is 19.6 Å². The van der Waals surface area contributed by atoms with Gasteiger partial charge in [-0.1, -0.05) is 0 Å². The van der Waals surface area contributed by atoms with Crippen molar-refractivity contribution in [2.45, 2.75) is 13.0 Å². The molecular formula is C17H20N2O4S. The average Bonchev–Trinajstić information content (AvgIpc) is 3.11. The largest absolute Gasteiger partial charge is 0.493 e. The molecule has 2 aromatic rings. The third-order valence-electron chi connectivity index (χ3n) is 3.98. The summed E-state index contributed by atoms with van der Waals surface area (Å²) < 4.78 is 16.0. The molecule has 1 atom stereocenters. The summed E-state index contributed by atoms with van der Waals surface area (Å²) in [6.45, 7) is 3.73. The molecule has 24 heavy (non-hydrogen) atoms. The molecule has 1 aromatic carbocycles. The number of aromatic nitrogens is 1. The Labute approximate surface area is 145 Å². The first-order valence-corrected chi connectivity index (χ1v) is 8.58. The van der Waals surface area contributed by atoms with E-state index in [4.69, 9.17) is 14.2 Å². The fraction of sp³-hybridized carbons (Fsp3) is 0.412. The number of amides is 1. The summed E-state index contributed by atoms with van der Waals surface area (Å²) in [6, 6.07) is 5.67. The lowest BCUT2D eigenvalue weighted by atomic mass is 10.2. The van der Waals surface area contributed by atoms with E-state index >= 15 is 0 Å². The molecule has 3 rings (SSSR count). The molecule has 0 bridgehead atoms. The number of thiazole rings is 1. The van der Waals surface area contributed by atoms with Gasteiger partial charge in [0.1, 0.15) is 10.7 Å². The molecule has 128 valence electrons. The zero-order chi connectivity index (χ0) is 17.1. The van der Waals surface area contributed by atoms with Gasteiger partial charge in [-0.15, -0.1) is 11.3 Å². The standard InChI is InChI=1S/C17H20N2O4S/c1-11-9-23-7-6-19(11)17(20)13-10-24-16(18-13)12-4-5-14(21-2)15(8-12)22-3/h4-5,8,10-11H,6-7,9H2,1-3H3/t11-/m0/s1. The summed E-state index contributed by atoms with van der Waals surface area (Å²) in [5.41, 5.74) is 1.37. The molecule has 7 heteroatoms. The molecule has 1 aliphatic rings. The number of ether oxygens (including phenoxy) is 3. The maximum absolute atomic E-state index is 12.6. The van der Waals surface area contributed by atoms with Crippen molar-refractivity contribution < 1.29 is 19.0 Å². The second-order valence-corrected chi connectivity index (χ2v) is 6.39. The predicted molar refractivity (Wildman–Crippen MR) is 92.0 cm³/mol. The highest BCUT2D eigenvalue weighted by Gasteiger charge is 2.26. The Bertz CT molecular complexity index is 731. The van der Waals surface area contributed by atoms with E-state index in [0.29, 0.717) is 37.0 Å². The summed E-state index contributed by atoms with van der Waals surface area (Å²) in [5.74, 6) is 1.25. The summed E-state index contributed by atoms with van der Waals surface area (Å²) in [4.78, 5) is 19.0. The molecule has 0 saturated carbocycles. The molecule has 1 aliphatic heterocycles. The lowest BCUT2D eigenvalue weighted by Crippen LogP contribution is -2.47. The molecule has 2 heterocycles. The highest BCUT2D eigenvalue weighted by molar-refractivity contribution is 7.13. The van der Waals surface area contributed by atoms with Crippen LogP contribution in [-0.4, -0.2) is 55.8 Å². The molecule has 1 fully saturated rings. The average molecular weight is 348 g/mol. The summed E-state index contributed by atoms with van der Waals surface area (Å²) in [5, 5.41) is 2.58. The quantitative estimate of drug-likeness (QED) is 0.850. The number of carbonyl (C=O) groups excluding carboxylic acids is 1. The molecule has 6 nitrogen and oxygen atoms in total. The van der Waals surface area contributed by atoms with E-state index in [9.17, 15) is 4.79 Å². The lowest BCUT2D eigenvalue weighted by molar-refractivity contribution is 0.00332. The van der Waals surface area contributed by atoms with E-state index in [1.807, 2.05) is 30.0 Å². The fourth-order valence-electron chi connectivity index (χ4n) is 2.65. The Morgan fingerprint density at radius 3 is 2.83 bits per heavy atom. The number of carbonyl (C=O) groups is 1. The van der Waals surface area contributed by atoms with Crippen molar-refractivity contribution in [1.82, 2.24) is 9.88 Å². The minimum atomic E-state index is -0.0474. The Morgan fingerprint density at radius 2 is 2.12 bits per heavy atom. The Morgan fingerprint density at radius 1 is 1.33 bits per heavy atom. The molecule has 0 aliphatic carbocycles. The molecule has 0 unspecified atom stereocenters. The van der Waals surface area contributed by atoms with Gasteiger partial charge in [-0.05, 0) is 25.1 Å². The normalized spacial score (nSPS) is 17.6. The Hall–Kier alpha value is -2.12. The molecule has 0 N–H and O–H groups in total. The van der Waals surface area contributed by atoms with E-state index in [-0.39, 0.29) is 11.9 Å². The second-order valence-electron chi connectivity index (χ2n) is 5.53. The van der Waals surface area contributed by atoms with Gasteiger partial charge in [0.25, 0.3) is 5.91 Å². The summed E-state index contributed by atoms with van der Waals surface area (Å²) >= 11 is 1.44. The smallest absolute Gasteiger partial charge is 0.273 e. The first-order valence-electron chi connectivity index (χ1n) is 7.70. The molecule has 0 radical (unpaired) electrons. The number of hydrogen-bond donors (Lipinski definition) is 0. The van der Waals surface area contributed by atoms with Gasteiger partial charge in [0.15, 0.2) is 11.5 Å². The van der Waals surface area contributed by atoms with E-state index in [0.717, 1.165) is 10.6 Å². The van der Waals surface area contributed by atoms with Crippen LogP contribution in [0.3, 0.4) is 0 Å². The summed E-state index contributed by atoms with van der Waals surface area (Å²) in [6.07, 6.45) is 0. The van der Waals surface area contributed by atoms with Gasteiger partial charge in [0.05, 0.1) is 33.5 Å². The third kappa shape index (κ3) is 3.22. The summed E-state index contributed by atoms with van der Waals surface area (Å²) in [7, 11) is 3.19. The maximum Gasteiger partial charge on any atom is 0.273 e. The van der Waals surface area contributed by atoms with Gasteiger partial charge in [0, 0.05) is 17.5 Å². The van der Waals surface area contributed by atoms with Gasteiger partial charge >= 0.3 is 0 Å². The van der Waals surface area contributed by atoms with E-state index in [2.05, 4.69) is 4.98 Å². The van der Waals surface area contributed by atoms with Gasteiger partial charge in [-0.25, -0.2) is 4.98 Å². The van der Waals surface area contributed by atoms with Crippen LogP contribution in [0.5, 0.6) is 11.5 Å². The highest BCUT2D eigenvalue weighted by Crippen LogP contribution is 2.33. The topological polar surface area (TPSA) is 60.9 Å². The molecule has 1 aromatic heterocycles. The van der Waals surface area contributed by atoms with Crippen molar-refractivity contribution in [3.63, 3.8) is 0 Å². The van der Waals surface area contributed by atoms with Crippen LogP contribution in [0.4, 0.5) is 0 Å². The first-order chi connectivity index (χ1) is 11.6.